The van der Waals surface area contributed by atoms with Gasteiger partial charge in [-0.15, -0.1) is 0 Å². The van der Waals surface area contributed by atoms with E-state index in [9.17, 15) is 4.79 Å². The Morgan fingerprint density at radius 3 is 2.57 bits per heavy atom. The topological polar surface area (TPSA) is 58.4 Å². The van der Waals surface area contributed by atoms with Crippen molar-refractivity contribution < 1.29 is 4.79 Å². The third-order valence-electron chi connectivity index (χ3n) is 3.20. The number of nitrogens with one attached hydrogen (secondary N) is 1. The Morgan fingerprint density at radius 1 is 1.36 bits per heavy atom. The summed E-state index contributed by atoms with van der Waals surface area (Å²) in [5.41, 5.74) is 5.96. The Hall–Kier alpha value is -0.610. The standard InChI is InChI=1S/C10H19N3O/c11-10(3-4-10)2-1-9(14)13-7-5-12-6-8-13/h12H,1-8,11H2. The molecule has 0 bridgehead atoms. The molecule has 0 aromatic carbocycles. The molecule has 0 unspecified atom stereocenters. The van der Waals surface area contributed by atoms with E-state index in [1.165, 1.54) is 0 Å². The van der Waals surface area contributed by atoms with Crippen LogP contribution >= 0.6 is 0 Å². The van der Waals surface area contributed by atoms with Crippen LogP contribution in [0.25, 0.3) is 0 Å². The van der Waals surface area contributed by atoms with E-state index in [0.717, 1.165) is 45.4 Å². The summed E-state index contributed by atoms with van der Waals surface area (Å²) in [6.07, 6.45) is 3.70. The second kappa shape index (κ2) is 3.87. The zero-order valence-corrected chi connectivity index (χ0v) is 8.59. The molecule has 4 nitrogen and oxygen atoms in total. The van der Waals surface area contributed by atoms with E-state index >= 15 is 0 Å². The zero-order valence-electron chi connectivity index (χ0n) is 8.59. The van der Waals surface area contributed by atoms with Gasteiger partial charge in [-0.3, -0.25) is 4.79 Å². The number of piperazine rings is 1. The summed E-state index contributed by atoms with van der Waals surface area (Å²) in [6.45, 7) is 3.58. The molecule has 1 heterocycles. The number of nitrogens with zero attached hydrogens (tertiary/aromatic N) is 1. The summed E-state index contributed by atoms with van der Waals surface area (Å²) in [5.74, 6) is 0.281. The molecule has 1 saturated carbocycles. The van der Waals surface area contributed by atoms with Crippen LogP contribution in [0.5, 0.6) is 0 Å². The van der Waals surface area contributed by atoms with Crippen LogP contribution in [0.1, 0.15) is 25.7 Å². The Labute approximate surface area is 84.8 Å². The third-order valence-corrected chi connectivity index (χ3v) is 3.20. The smallest absolute Gasteiger partial charge is 0.222 e. The normalized spacial score (nSPS) is 24.8. The summed E-state index contributed by atoms with van der Waals surface area (Å²) in [5, 5.41) is 3.24. The van der Waals surface area contributed by atoms with Gasteiger partial charge in [0.05, 0.1) is 0 Å². The van der Waals surface area contributed by atoms with E-state index in [2.05, 4.69) is 5.32 Å². The average Bonchev–Trinajstić information content (AvgIpc) is 2.95. The fourth-order valence-electron chi connectivity index (χ4n) is 1.84. The Morgan fingerprint density at radius 2 is 2.00 bits per heavy atom. The van der Waals surface area contributed by atoms with Crippen molar-refractivity contribution in [2.24, 2.45) is 5.73 Å². The van der Waals surface area contributed by atoms with Crippen LogP contribution in [0.2, 0.25) is 0 Å². The maximum atomic E-state index is 11.7. The number of carbonyl (C=O) groups is 1. The highest BCUT2D eigenvalue weighted by Crippen LogP contribution is 2.36. The van der Waals surface area contributed by atoms with E-state index in [1.54, 1.807) is 0 Å². The molecular formula is C10H19N3O. The van der Waals surface area contributed by atoms with Crippen LogP contribution in [0.15, 0.2) is 0 Å². The largest absolute Gasteiger partial charge is 0.340 e. The van der Waals surface area contributed by atoms with Gasteiger partial charge in [0.1, 0.15) is 0 Å². The minimum absolute atomic E-state index is 0.0176. The van der Waals surface area contributed by atoms with Crippen molar-refractivity contribution in [2.45, 2.75) is 31.2 Å². The number of hydrogen-bond acceptors (Lipinski definition) is 3. The Bertz CT molecular complexity index is 219. The molecule has 2 aliphatic rings. The second-order valence-corrected chi connectivity index (χ2v) is 4.49. The van der Waals surface area contributed by atoms with Gasteiger partial charge in [0.15, 0.2) is 0 Å². The number of amides is 1. The van der Waals surface area contributed by atoms with Crippen molar-refractivity contribution in [3.63, 3.8) is 0 Å². The highest BCUT2D eigenvalue weighted by molar-refractivity contribution is 5.76. The number of hydrogen-bond donors (Lipinski definition) is 2. The lowest BCUT2D eigenvalue weighted by Gasteiger charge is -2.27. The minimum atomic E-state index is 0.0176. The van der Waals surface area contributed by atoms with Gasteiger partial charge in [-0.1, -0.05) is 0 Å². The van der Waals surface area contributed by atoms with Gasteiger partial charge >= 0.3 is 0 Å². The van der Waals surface area contributed by atoms with Crippen molar-refractivity contribution in [1.29, 1.82) is 0 Å². The Balaban J connectivity index is 1.71. The second-order valence-electron chi connectivity index (χ2n) is 4.49. The summed E-state index contributed by atoms with van der Waals surface area (Å²) in [6, 6.07) is 0. The lowest BCUT2D eigenvalue weighted by Crippen LogP contribution is -2.46. The van der Waals surface area contributed by atoms with Crippen molar-refractivity contribution in [1.82, 2.24) is 10.2 Å². The quantitative estimate of drug-likeness (QED) is 0.652. The molecule has 1 aliphatic carbocycles. The van der Waals surface area contributed by atoms with Crippen LogP contribution < -0.4 is 11.1 Å². The van der Waals surface area contributed by atoms with Crippen LogP contribution in [0, 0.1) is 0 Å². The van der Waals surface area contributed by atoms with Gasteiger partial charge in [0.2, 0.25) is 5.91 Å². The number of rotatable bonds is 3. The van der Waals surface area contributed by atoms with E-state index in [-0.39, 0.29) is 11.4 Å². The SMILES string of the molecule is NC1(CCC(=O)N2CCNCC2)CC1. The molecule has 80 valence electrons. The Kier molecular flexibility index (Phi) is 2.74. The summed E-state index contributed by atoms with van der Waals surface area (Å²) in [4.78, 5) is 13.7. The van der Waals surface area contributed by atoms with Crippen LogP contribution in [0.3, 0.4) is 0 Å². The predicted molar refractivity (Wildman–Crippen MR) is 54.8 cm³/mol. The molecule has 0 aromatic heterocycles. The lowest BCUT2D eigenvalue weighted by atomic mass is 10.1. The molecule has 2 rings (SSSR count). The van der Waals surface area contributed by atoms with E-state index in [1.807, 2.05) is 4.90 Å². The van der Waals surface area contributed by atoms with E-state index < -0.39 is 0 Å². The molecule has 0 radical (unpaired) electrons. The molecule has 1 saturated heterocycles. The molecule has 3 N–H and O–H groups in total. The third kappa shape index (κ3) is 2.45. The van der Waals surface area contributed by atoms with E-state index in [4.69, 9.17) is 5.73 Å². The van der Waals surface area contributed by atoms with Gasteiger partial charge in [0.25, 0.3) is 0 Å². The molecular weight excluding hydrogens is 178 g/mol. The predicted octanol–water partition coefficient (Wildman–Crippen LogP) is -0.310. The van der Waals surface area contributed by atoms with Crippen LogP contribution in [-0.2, 0) is 4.79 Å². The van der Waals surface area contributed by atoms with Crippen molar-refractivity contribution in [2.75, 3.05) is 26.2 Å². The highest BCUT2D eigenvalue weighted by atomic mass is 16.2. The van der Waals surface area contributed by atoms with E-state index in [0.29, 0.717) is 6.42 Å². The zero-order chi connectivity index (χ0) is 10.0. The maximum Gasteiger partial charge on any atom is 0.222 e. The molecule has 0 spiro atoms. The molecule has 14 heavy (non-hydrogen) atoms. The van der Waals surface area contributed by atoms with Gasteiger partial charge < -0.3 is 16.0 Å². The molecule has 4 heteroatoms. The van der Waals surface area contributed by atoms with Crippen molar-refractivity contribution in [3.05, 3.63) is 0 Å². The maximum absolute atomic E-state index is 11.7. The van der Waals surface area contributed by atoms with Crippen LogP contribution in [-0.4, -0.2) is 42.5 Å². The molecule has 0 aromatic rings. The highest BCUT2D eigenvalue weighted by Gasteiger charge is 2.38. The monoisotopic (exact) mass is 197 g/mol. The fraction of sp³-hybridized carbons (Fsp3) is 0.900. The average molecular weight is 197 g/mol. The molecule has 1 amide bonds. The molecule has 2 fully saturated rings. The summed E-state index contributed by atoms with van der Waals surface area (Å²) in [7, 11) is 0. The fourth-order valence-corrected chi connectivity index (χ4v) is 1.84. The van der Waals surface area contributed by atoms with Gasteiger partial charge in [0, 0.05) is 38.1 Å². The first-order valence-corrected chi connectivity index (χ1v) is 5.47. The first-order chi connectivity index (χ1) is 6.70. The molecule has 0 atom stereocenters. The lowest BCUT2D eigenvalue weighted by molar-refractivity contribution is -0.132. The number of carbonyl (C=O) groups excluding carboxylic acids is 1. The van der Waals surface area contributed by atoms with Crippen molar-refractivity contribution in [3.8, 4) is 0 Å². The molecule has 1 aliphatic heterocycles. The summed E-state index contributed by atoms with van der Waals surface area (Å²) < 4.78 is 0. The van der Waals surface area contributed by atoms with Gasteiger partial charge in [-0.2, -0.15) is 0 Å². The van der Waals surface area contributed by atoms with Crippen molar-refractivity contribution >= 4 is 5.91 Å². The number of nitrogens with two attached hydrogens (primary N) is 1. The minimum Gasteiger partial charge on any atom is -0.340 e. The first kappa shape index (κ1) is 9.93. The summed E-state index contributed by atoms with van der Waals surface area (Å²) >= 11 is 0. The van der Waals surface area contributed by atoms with Gasteiger partial charge in [-0.05, 0) is 19.3 Å². The first-order valence-electron chi connectivity index (χ1n) is 5.47. The van der Waals surface area contributed by atoms with Crippen LogP contribution in [0.4, 0.5) is 0 Å². The van der Waals surface area contributed by atoms with Gasteiger partial charge in [-0.25, -0.2) is 0 Å².